The number of carbonyl (C=O) groups is 3. The van der Waals surface area contributed by atoms with Gasteiger partial charge in [-0.1, -0.05) is 0 Å². The van der Waals surface area contributed by atoms with E-state index >= 15 is 0 Å². The van der Waals surface area contributed by atoms with Gasteiger partial charge in [0.2, 0.25) is 17.7 Å². The number of imide groups is 1. The molecular weight excluding hydrogens is 676 g/mol. The Hall–Kier alpha value is -5.34. The molecule has 0 radical (unpaired) electrons. The number of benzene rings is 2. The molecule has 3 aliphatic rings. The van der Waals surface area contributed by atoms with Crippen LogP contribution in [0.15, 0.2) is 59.7 Å². The summed E-state index contributed by atoms with van der Waals surface area (Å²) in [5.41, 5.74) is 5.17. The molecule has 5 heterocycles. The largest absolute Gasteiger partial charge is 0.496 e. The van der Waals surface area contributed by atoms with Crippen molar-refractivity contribution in [1.82, 2.24) is 29.6 Å². The Balaban J connectivity index is 0.858. The molecule has 3 amide bonds. The van der Waals surface area contributed by atoms with Gasteiger partial charge in [0.15, 0.2) is 0 Å². The zero-order chi connectivity index (χ0) is 37.2. The monoisotopic (exact) mass is 724 g/mol. The lowest BCUT2D eigenvalue weighted by atomic mass is 10.0. The van der Waals surface area contributed by atoms with Crippen LogP contribution >= 0.6 is 0 Å². The minimum atomic E-state index is -0.393. The molecule has 2 aromatic heterocycles. The third-order valence-electron chi connectivity index (χ3n) is 10.7. The van der Waals surface area contributed by atoms with E-state index < -0.39 is 6.04 Å². The Kier molecular flexibility index (Phi) is 10.4. The second-order valence-electron chi connectivity index (χ2n) is 14.1. The van der Waals surface area contributed by atoms with Gasteiger partial charge in [-0.3, -0.25) is 29.4 Å². The van der Waals surface area contributed by atoms with E-state index in [1.165, 1.54) is 0 Å². The molecular formula is C39H48N8O6. The van der Waals surface area contributed by atoms with E-state index in [1.807, 2.05) is 59.2 Å². The van der Waals surface area contributed by atoms with Gasteiger partial charge in [-0.2, -0.15) is 0 Å². The average Bonchev–Trinajstić information content (AvgIpc) is 3.85. The first-order valence-corrected chi connectivity index (χ1v) is 18.2. The van der Waals surface area contributed by atoms with Crippen LogP contribution in [0.3, 0.4) is 0 Å². The topological polar surface area (TPSA) is 142 Å². The summed E-state index contributed by atoms with van der Waals surface area (Å²) in [4.78, 5) is 56.1. The number of hydrogen-bond acceptors (Lipinski definition) is 10. The van der Waals surface area contributed by atoms with Crippen molar-refractivity contribution in [2.45, 2.75) is 37.9 Å². The van der Waals surface area contributed by atoms with Crippen LogP contribution < -0.4 is 35.9 Å². The molecule has 3 aliphatic heterocycles. The number of fused-ring (bicyclic) bond motifs is 1. The first-order chi connectivity index (χ1) is 25.6. The smallest absolute Gasteiger partial charge is 0.274 e. The van der Waals surface area contributed by atoms with Crippen LogP contribution in [0.1, 0.15) is 24.8 Å². The van der Waals surface area contributed by atoms with Gasteiger partial charge in [0.25, 0.3) is 5.56 Å². The van der Waals surface area contributed by atoms with E-state index in [2.05, 4.69) is 37.9 Å². The number of hydrogen-bond donors (Lipinski definition) is 3. The average molecular weight is 725 g/mol. The fraction of sp³-hybridized carbons (Fsp3) is 0.436. The minimum absolute atomic E-state index is 0.0590. The standard InChI is InChI=1S/C39H48N8O6/c1-43-13-12-29-31(24-44(2)39(51)37(29)43)25-19-33(52-3)30(34(20-25)53-4)21-40-22-36(49)47-23-28(47)11-14-45-15-17-46(18-16-45)27-7-5-26(6-8-27)41-32-9-10-35(48)42-38(32)50/h5-8,12-13,19-20,24,28,32,40-41H,9-11,14-18,21-23H2,1-4H3,(H,42,48,50). The maximum Gasteiger partial charge on any atom is 0.274 e. The molecule has 2 aromatic carbocycles. The number of amides is 3. The third-order valence-corrected chi connectivity index (χ3v) is 10.7. The van der Waals surface area contributed by atoms with Crippen molar-refractivity contribution in [2.75, 3.05) is 70.2 Å². The lowest BCUT2D eigenvalue weighted by Crippen LogP contribution is -2.47. The predicted molar refractivity (Wildman–Crippen MR) is 203 cm³/mol. The van der Waals surface area contributed by atoms with Crippen molar-refractivity contribution < 1.29 is 23.9 Å². The van der Waals surface area contributed by atoms with Crippen LogP contribution in [0.4, 0.5) is 11.4 Å². The molecule has 4 aromatic rings. The van der Waals surface area contributed by atoms with Crippen LogP contribution in [0.2, 0.25) is 0 Å². The van der Waals surface area contributed by atoms with E-state index in [1.54, 1.807) is 25.8 Å². The molecule has 0 saturated carbocycles. The fourth-order valence-corrected chi connectivity index (χ4v) is 7.54. The highest BCUT2D eigenvalue weighted by Gasteiger charge is 2.38. The number of pyridine rings is 1. The number of piperazine rings is 1. The molecule has 2 atom stereocenters. The van der Waals surface area contributed by atoms with Crippen molar-refractivity contribution in [2.24, 2.45) is 14.1 Å². The first-order valence-electron chi connectivity index (χ1n) is 18.2. The maximum absolute atomic E-state index is 13.1. The number of aryl methyl sites for hydroxylation is 2. The first kappa shape index (κ1) is 36.0. The minimum Gasteiger partial charge on any atom is -0.496 e. The highest BCUT2D eigenvalue weighted by Crippen LogP contribution is 2.37. The number of piperidine rings is 1. The Morgan fingerprint density at radius 3 is 2.34 bits per heavy atom. The summed E-state index contributed by atoms with van der Waals surface area (Å²) in [5.74, 6) is 0.876. The molecule has 7 rings (SSSR count). The predicted octanol–water partition coefficient (Wildman–Crippen LogP) is 2.29. The van der Waals surface area contributed by atoms with Crippen LogP contribution in [0, 0.1) is 0 Å². The highest BCUT2D eigenvalue weighted by molar-refractivity contribution is 6.01. The van der Waals surface area contributed by atoms with Gasteiger partial charge in [0.1, 0.15) is 23.1 Å². The number of ether oxygens (including phenoxy) is 2. The Morgan fingerprint density at radius 1 is 0.943 bits per heavy atom. The second kappa shape index (κ2) is 15.3. The number of methoxy groups -OCH3 is 2. The van der Waals surface area contributed by atoms with Gasteiger partial charge in [-0.05, 0) is 60.9 Å². The second-order valence-corrected chi connectivity index (χ2v) is 14.1. The van der Waals surface area contributed by atoms with Crippen LogP contribution in [-0.2, 0) is 35.0 Å². The molecule has 14 nitrogen and oxygen atoms in total. The molecule has 0 bridgehead atoms. The summed E-state index contributed by atoms with van der Waals surface area (Å²) in [7, 11) is 6.86. The maximum atomic E-state index is 13.1. The van der Waals surface area contributed by atoms with Crippen molar-refractivity contribution in [3.8, 4) is 22.6 Å². The van der Waals surface area contributed by atoms with E-state index in [-0.39, 0.29) is 35.9 Å². The van der Waals surface area contributed by atoms with Crippen molar-refractivity contribution >= 4 is 40.0 Å². The molecule has 3 N–H and O–H groups in total. The van der Waals surface area contributed by atoms with Crippen LogP contribution in [0.5, 0.6) is 11.5 Å². The van der Waals surface area contributed by atoms with E-state index in [0.29, 0.717) is 36.4 Å². The lowest BCUT2D eigenvalue weighted by molar-refractivity contribution is -0.133. The van der Waals surface area contributed by atoms with Crippen molar-refractivity contribution in [3.05, 3.63) is 70.8 Å². The molecule has 14 heteroatoms. The van der Waals surface area contributed by atoms with E-state index in [4.69, 9.17) is 9.47 Å². The number of carbonyl (C=O) groups excluding carboxylic acids is 3. The number of anilines is 2. The highest BCUT2D eigenvalue weighted by atomic mass is 16.5. The van der Waals surface area contributed by atoms with Crippen molar-refractivity contribution in [3.63, 3.8) is 0 Å². The Bertz CT molecular complexity index is 2040. The Labute approximate surface area is 308 Å². The number of aromatic nitrogens is 2. The molecule has 0 aliphatic carbocycles. The zero-order valence-electron chi connectivity index (χ0n) is 30.8. The quantitative estimate of drug-likeness (QED) is 0.139. The number of nitrogens with one attached hydrogen (secondary N) is 3. The molecule has 3 fully saturated rings. The summed E-state index contributed by atoms with van der Waals surface area (Å²) in [6.07, 6.45) is 5.52. The van der Waals surface area contributed by atoms with E-state index in [0.717, 1.165) is 79.1 Å². The molecule has 3 saturated heterocycles. The van der Waals surface area contributed by atoms with Crippen LogP contribution in [0.25, 0.3) is 22.0 Å². The molecule has 280 valence electrons. The summed E-state index contributed by atoms with van der Waals surface area (Å²) in [6.45, 7) is 6.12. The van der Waals surface area contributed by atoms with Crippen LogP contribution in [-0.4, -0.2) is 109 Å². The normalized spacial score (nSPS) is 19.0. The lowest BCUT2D eigenvalue weighted by Gasteiger charge is -2.36. The van der Waals surface area contributed by atoms with E-state index in [9.17, 15) is 19.2 Å². The fourth-order valence-electron chi connectivity index (χ4n) is 7.54. The molecule has 53 heavy (non-hydrogen) atoms. The SMILES string of the molecule is COc1cc(-c2cn(C)c(=O)c3c2ccn3C)cc(OC)c1CNCC(=O)N1CC1CCN1CCN(c2ccc(NC3CCC(=O)NC3=O)cc2)CC1. The van der Waals surface area contributed by atoms with Gasteiger partial charge < -0.3 is 39.0 Å². The van der Waals surface area contributed by atoms with Gasteiger partial charge in [0.05, 0.1) is 26.8 Å². The zero-order valence-corrected chi connectivity index (χ0v) is 30.8. The summed E-state index contributed by atoms with van der Waals surface area (Å²) in [5, 5.41) is 9.78. The van der Waals surface area contributed by atoms with Gasteiger partial charge in [0, 0.05) is 107 Å². The number of rotatable bonds is 13. The van der Waals surface area contributed by atoms with Crippen molar-refractivity contribution in [1.29, 1.82) is 0 Å². The molecule has 0 spiro atoms. The Morgan fingerprint density at radius 2 is 1.66 bits per heavy atom. The molecule has 2 unspecified atom stereocenters. The summed E-state index contributed by atoms with van der Waals surface area (Å²) < 4.78 is 15.0. The summed E-state index contributed by atoms with van der Waals surface area (Å²) in [6, 6.07) is 13.8. The van der Waals surface area contributed by atoms with Gasteiger partial charge in [-0.15, -0.1) is 0 Å². The summed E-state index contributed by atoms with van der Waals surface area (Å²) >= 11 is 0. The van der Waals surface area contributed by atoms with Gasteiger partial charge >= 0.3 is 0 Å². The third kappa shape index (κ3) is 7.74. The number of nitrogens with zero attached hydrogens (tertiary/aromatic N) is 5. The van der Waals surface area contributed by atoms with Gasteiger partial charge in [-0.25, -0.2) is 0 Å².